The van der Waals surface area contributed by atoms with Crippen LogP contribution in [-0.2, 0) is 11.3 Å². The van der Waals surface area contributed by atoms with Crippen molar-refractivity contribution in [3.8, 4) is 5.95 Å². The molecule has 96 valence electrons. The molecule has 2 aromatic rings. The van der Waals surface area contributed by atoms with E-state index >= 15 is 0 Å². The molecular weight excluding hydrogens is 230 g/mol. The number of morpholine rings is 1. The fraction of sp³-hybridized carbons (Fsp3) is 0.429. The Bertz CT molecular complexity index is 555. The average Bonchev–Trinajstić information content (AvgIpc) is 2.66. The van der Waals surface area contributed by atoms with E-state index in [9.17, 15) is 5.11 Å². The Hall–Kier alpha value is -1.52. The zero-order valence-electron chi connectivity index (χ0n) is 10.5. The molecule has 0 radical (unpaired) electrons. The van der Waals surface area contributed by atoms with Crippen LogP contribution in [0.2, 0.25) is 0 Å². The maximum absolute atomic E-state index is 9.56. The fourth-order valence-corrected chi connectivity index (χ4v) is 2.37. The van der Waals surface area contributed by atoms with Gasteiger partial charge in [-0.1, -0.05) is 12.1 Å². The molecule has 1 aliphatic heterocycles. The summed E-state index contributed by atoms with van der Waals surface area (Å²) in [6.45, 7) is 6.33. The van der Waals surface area contributed by atoms with Crippen LogP contribution in [0, 0.1) is 6.92 Å². The molecule has 0 bridgehead atoms. The smallest absolute Gasteiger partial charge is 0.285 e. The number of hydrogen-bond donors (Lipinski definition) is 1. The van der Waals surface area contributed by atoms with Gasteiger partial charge in [0, 0.05) is 30.6 Å². The van der Waals surface area contributed by atoms with Gasteiger partial charge in [-0.15, -0.1) is 0 Å². The highest BCUT2D eigenvalue weighted by Gasteiger charge is 2.13. The Balaban J connectivity index is 1.84. The molecule has 0 saturated carbocycles. The standard InChI is InChI=1S/C14H17NO3/c1-10-12-3-2-11(8-13(12)18-14(10)16)9-15-4-6-17-7-5-15/h2-3,8,16H,4-7,9H2,1H3. The highest BCUT2D eigenvalue weighted by molar-refractivity contribution is 5.83. The maximum Gasteiger partial charge on any atom is 0.285 e. The van der Waals surface area contributed by atoms with Crippen molar-refractivity contribution < 1.29 is 14.3 Å². The summed E-state index contributed by atoms with van der Waals surface area (Å²) >= 11 is 0. The van der Waals surface area contributed by atoms with E-state index in [1.807, 2.05) is 19.1 Å². The predicted octanol–water partition coefficient (Wildman–Crippen LogP) is 2.28. The monoisotopic (exact) mass is 247 g/mol. The molecule has 4 nitrogen and oxygen atoms in total. The minimum Gasteiger partial charge on any atom is -0.480 e. The summed E-state index contributed by atoms with van der Waals surface area (Å²) in [5.74, 6) is 0.0218. The zero-order valence-corrected chi connectivity index (χ0v) is 10.5. The Morgan fingerprint density at radius 2 is 2.06 bits per heavy atom. The van der Waals surface area contributed by atoms with Crippen molar-refractivity contribution in [1.82, 2.24) is 4.90 Å². The highest BCUT2D eigenvalue weighted by Crippen LogP contribution is 2.30. The lowest BCUT2D eigenvalue weighted by molar-refractivity contribution is 0.0342. The largest absolute Gasteiger partial charge is 0.480 e. The highest BCUT2D eigenvalue weighted by atomic mass is 16.5. The number of rotatable bonds is 2. The van der Waals surface area contributed by atoms with Crippen molar-refractivity contribution in [1.29, 1.82) is 0 Å². The Kier molecular flexibility index (Phi) is 2.97. The molecule has 2 heterocycles. The molecular formula is C14H17NO3. The molecule has 0 amide bonds. The number of aryl methyl sites for hydroxylation is 1. The first-order valence-corrected chi connectivity index (χ1v) is 6.25. The van der Waals surface area contributed by atoms with Gasteiger partial charge in [0.15, 0.2) is 0 Å². The normalized spacial score (nSPS) is 17.4. The first-order chi connectivity index (χ1) is 8.74. The zero-order chi connectivity index (χ0) is 12.5. The molecule has 0 spiro atoms. The quantitative estimate of drug-likeness (QED) is 0.884. The number of ether oxygens (including phenoxy) is 1. The van der Waals surface area contributed by atoms with Crippen molar-refractivity contribution in [3.05, 3.63) is 29.3 Å². The first kappa shape index (κ1) is 11.6. The summed E-state index contributed by atoms with van der Waals surface area (Å²) in [6.07, 6.45) is 0. The van der Waals surface area contributed by atoms with Crippen LogP contribution in [0.25, 0.3) is 11.0 Å². The topological polar surface area (TPSA) is 45.8 Å². The lowest BCUT2D eigenvalue weighted by atomic mass is 10.1. The van der Waals surface area contributed by atoms with Gasteiger partial charge in [-0.25, -0.2) is 0 Å². The van der Waals surface area contributed by atoms with Crippen LogP contribution < -0.4 is 0 Å². The van der Waals surface area contributed by atoms with Crippen molar-refractivity contribution in [2.24, 2.45) is 0 Å². The minimum atomic E-state index is 0.0218. The summed E-state index contributed by atoms with van der Waals surface area (Å²) in [6, 6.07) is 6.13. The summed E-state index contributed by atoms with van der Waals surface area (Å²) in [7, 11) is 0. The molecule has 1 aliphatic rings. The number of fused-ring (bicyclic) bond motifs is 1. The summed E-state index contributed by atoms with van der Waals surface area (Å²) in [5, 5.41) is 10.5. The van der Waals surface area contributed by atoms with Gasteiger partial charge >= 0.3 is 0 Å². The van der Waals surface area contributed by atoms with Crippen LogP contribution in [0.1, 0.15) is 11.1 Å². The van der Waals surface area contributed by atoms with Gasteiger partial charge in [0.2, 0.25) is 0 Å². The third-order valence-electron chi connectivity index (χ3n) is 3.49. The maximum atomic E-state index is 9.56. The Labute approximate surface area is 106 Å². The lowest BCUT2D eigenvalue weighted by Crippen LogP contribution is -2.35. The summed E-state index contributed by atoms with van der Waals surface area (Å²) in [4.78, 5) is 2.36. The van der Waals surface area contributed by atoms with Crippen LogP contribution in [0.15, 0.2) is 22.6 Å². The average molecular weight is 247 g/mol. The van der Waals surface area contributed by atoms with E-state index in [1.54, 1.807) is 0 Å². The molecule has 1 aromatic heterocycles. The van der Waals surface area contributed by atoms with E-state index in [1.165, 1.54) is 5.56 Å². The third kappa shape index (κ3) is 2.09. The second kappa shape index (κ2) is 4.63. The lowest BCUT2D eigenvalue weighted by Gasteiger charge is -2.26. The molecule has 4 heteroatoms. The molecule has 1 aromatic carbocycles. The number of aromatic hydroxyl groups is 1. The second-order valence-electron chi connectivity index (χ2n) is 4.75. The molecule has 0 atom stereocenters. The molecule has 0 aliphatic carbocycles. The number of hydrogen-bond acceptors (Lipinski definition) is 4. The Morgan fingerprint density at radius 1 is 1.28 bits per heavy atom. The van der Waals surface area contributed by atoms with E-state index in [2.05, 4.69) is 11.0 Å². The number of furan rings is 1. The Morgan fingerprint density at radius 3 is 2.83 bits per heavy atom. The van der Waals surface area contributed by atoms with Gasteiger partial charge in [-0.05, 0) is 18.6 Å². The van der Waals surface area contributed by atoms with Gasteiger partial charge < -0.3 is 14.3 Å². The van der Waals surface area contributed by atoms with Gasteiger partial charge in [-0.2, -0.15) is 0 Å². The van der Waals surface area contributed by atoms with Crippen LogP contribution in [0.3, 0.4) is 0 Å². The summed E-state index contributed by atoms with van der Waals surface area (Å²) in [5.41, 5.74) is 2.77. The summed E-state index contributed by atoms with van der Waals surface area (Å²) < 4.78 is 10.7. The molecule has 1 N–H and O–H groups in total. The molecule has 0 unspecified atom stereocenters. The molecule has 18 heavy (non-hydrogen) atoms. The third-order valence-corrected chi connectivity index (χ3v) is 3.49. The van der Waals surface area contributed by atoms with Crippen molar-refractivity contribution in [2.45, 2.75) is 13.5 Å². The van der Waals surface area contributed by atoms with E-state index < -0.39 is 0 Å². The van der Waals surface area contributed by atoms with E-state index in [-0.39, 0.29) is 5.95 Å². The minimum absolute atomic E-state index is 0.0218. The van der Waals surface area contributed by atoms with Crippen molar-refractivity contribution >= 4 is 11.0 Å². The first-order valence-electron chi connectivity index (χ1n) is 6.25. The van der Waals surface area contributed by atoms with E-state index in [4.69, 9.17) is 9.15 Å². The second-order valence-corrected chi connectivity index (χ2v) is 4.75. The molecule has 3 rings (SSSR count). The van der Waals surface area contributed by atoms with Crippen molar-refractivity contribution in [2.75, 3.05) is 26.3 Å². The number of nitrogens with zero attached hydrogens (tertiary/aromatic N) is 1. The molecule has 1 fully saturated rings. The number of benzene rings is 1. The van der Waals surface area contributed by atoms with Crippen LogP contribution in [0.5, 0.6) is 5.95 Å². The fourth-order valence-electron chi connectivity index (χ4n) is 2.37. The van der Waals surface area contributed by atoms with E-state index in [0.29, 0.717) is 0 Å². The van der Waals surface area contributed by atoms with E-state index in [0.717, 1.165) is 49.4 Å². The molecule has 1 saturated heterocycles. The van der Waals surface area contributed by atoms with Gasteiger partial charge in [-0.3, -0.25) is 4.90 Å². The SMILES string of the molecule is Cc1c(O)oc2cc(CN3CCOCC3)ccc12. The van der Waals surface area contributed by atoms with Gasteiger partial charge in [0.25, 0.3) is 5.95 Å². The van der Waals surface area contributed by atoms with Crippen LogP contribution in [-0.4, -0.2) is 36.3 Å². The van der Waals surface area contributed by atoms with Gasteiger partial charge in [0.1, 0.15) is 5.58 Å². The van der Waals surface area contributed by atoms with Crippen molar-refractivity contribution in [3.63, 3.8) is 0 Å². The predicted molar refractivity (Wildman–Crippen MR) is 68.7 cm³/mol. The van der Waals surface area contributed by atoms with Crippen LogP contribution in [0.4, 0.5) is 0 Å². The van der Waals surface area contributed by atoms with Gasteiger partial charge in [0.05, 0.1) is 13.2 Å². The van der Waals surface area contributed by atoms with Crippen LogP contribution >= 0.6 is 0 Å².